The number of nitrogens with one attached hydrogen (secondary N) is 1. The maximum Gasteiger partial charge on any atom is 0.407 e. The van der Waals surface area contributed by atoms with Crippen molar-refractivity contribution >= 4 is 17.6 Å². The lowest BCUT2D eigenvalue weighted by atomic mass is 9.86. The predicted octanol–water partition coefficient (Wildman–Crippen LogP) is 2.53. The highest BCUT2D eigenvalue weighted by Gasteiger charge is 2.41. The minimum atomic E-state index is -1.14. The third kappa shape index (κ3) is 6.49. The van der Waals surface area contributed by atoms with Gasteiger partial charge >= 0.3 is 6.09 Å². The van der Waals surface area contributed by atoms with E-state index in [0.29, 0.717) is 6.54 Å². The molecule has 2 atom stereocenters. The highest BCUT2D eigenvalue weighted by Crippen LogP contribution is 2.25. The van der Waals surface area contributed by atoms with Crippen LogP contribution in [0.2, 0.25) is 0 Å². The van der Waals surface area contributed by atoms with E-state index in [1.54, 1.807) is 0 Å². The second kappa shape index (κ2) is 7.59. The molecular weight excluding hydrogens is 314 g/mol. The maximum atomic E-state index is 12.5. The zero-order valence-electron chi connectivity index (χ0n) is 15.8. The molecule has 1 heterocycles. The molecule has 23 heavy (non-hydrogen) atoms. The van der Waals surface area contributed by atoms with Gasteiger partial charge in [-0.25, -0.2) is 4.79 Å². The first-order chi connectivity index (χ1) is 10.3. The number of alkyl carbamates (subject to hydrolysis) is 1. The van der Waals surface area contributed by atoms with E-state index in [9.17, 15) is 9.35 Å². The zero-order valence-corrected chi connectivity index (χ0v) is 16.6. The maximum absolute atomic E-state index is 12.5. The Balaban J connectivity index is 2.72. The molecule has 136 valence electrons. The molecule has 0 radical (unpaired) electrons. The SMILES string of the molecule is CC(C)N1CCN(C[C@@H](NC(=O)OC(C)(C)C)C(C)(C)C)[S+]1[O-]. The standard InChI is InChI=1S/C16H33N3O3S/c1-12(2)19-10-9-18(23(19)21)11-13(15(3,4)5)17-14(20)22-16(6,7)8/h12-13H,9-11H2,1-8H3,(H,17,20)/t13-,23?/m1/s1. The normalized spacial score (nSPS) is 22.4. The average molecular weight is 348 g/mol. The van der Waals surface area contributed by atoms with Gasteiger partial charge in [-0.05, 0) is 40.0 Å². The zero-order chi connectivity index (χ0) is 18.0. The Labute approximate surface area is 144 Å². The van der Waals surface area contributed by atoms with E-state index in [1.807, 2.05) is 43.2 Å². The van der Waals surface area contributed by atoms with Gasteiger partial charge < -0.3 is 14.6 Å². The average Bonchev–Trinajstić information content (AvgIpc) is 2.66. The van der Waals surface area contributed by atoms with Crippen LogP contribution in [0.4, 0.5) is 4.79 Å². The lowest BCUT2D eigenvalue weighted by Gasteiger charge is -2.34. The van der Waals surface area contributed by atoms with Crippen LogP contribution in [0.1, 0.15) is 55.4 Å². The van der Waals surface area contributed by atoms with Crippen molar-refractivity contribution in [3.05, 3.63) is 0 Å². The van der Waals surface area contributed by atoms with Gasteiger partial charge in [-0.1, -0.05) is 20.8 Å². The third-order valence-electron chi connectivity index (χ3n) is 3.69. The molecule has 1 fully saturated rings. The summed E-state index contributed by atoms with van der Waals surface area (Å²) in [6.45, 7) is 17.9. The van der Waals surface area contributed by atoms with Gasteiger partial charge in [0, 0.05) is 0 Å². The fourth-order valence-electron chi connectivity index (χ4n) is 2.30. The van der Waals surface area contributed by atoms with Gasteiger partial charge in [0.1, 0.15) is 17.1 Å². The monoisotopic (exact) mass is 347 g/mol. The van der Waals surface area contributed by atoms with Crippen LogP contribution in [-0.2, 0) is 16.3 Å². The van der Waals surface area contributed by atoms with Gasteiger partial charge in [0.25, 0.3) is 0 Å². The fourth-order valence-corrected chi connectivity index (χ4v) is 3.71. The van der Waals surface area contributed by atoms with E-state index >= 15 is 0 Å². The second-order valence-electron chi connectivity index (χ2n) is 8.42. The van der Waals surface area contributed by atoms with Gasteiger partial charge in [-0.15, -0.1) is 8.61 Å². The molecule has 1 rings (SSSR count). The first-order valence-corrected chi connectivity index (χ1v) is 9.30. The lowest BCUT2D eigenvalue weighted by Crippen LogP contribution is -2.52. The molecule has 7 heteroatoms. The Morgan fingerprint density at radius 3 is 2.17 bits per heavy atom. The third-order valence-corrected chi connectivity index (χ3v) is 5.47. The summed E-state index contributed by atoms with van der Waals surface area (Å²) in [6.07, 6.45) is -0.428. The number of carbonyl (C=O) groups is 1. The van der Waals surface area contributed by atoms with Gasteiger partial charge in [0.2, 0.25) is 0 Å². The van der Waals surface area contributed by atoms with Crippen LogP contribution >= 0.6 is 0 Å². The van der Waals surface area contributed by atoms with Crippen molar-refractivity contribution in [2.24, 2.45) is 5.41 Å². The van der Waals surface area contributed by atoms with Crippen LogP contribution in [-0.4, -0.2) is 56.6 Å². The summed E-state index contributed by atoms with van der Waals surface area (Å²) in [5.41, 5.74) is -0.691. The largest absolute Gasteiger partial charge is 0.578 e. The summed E-state index contributed by atoms with van der Waals surface area (Å²) < 4.78 is 21.8. The van der Waals surface area contributed by atoms with E-state index in [2.05, 4.69) is 26.1 Å². The predicted molar refractivity (Wildman–Crippen MR) is 94.2 cm³/mol. The minimum Gasteiger partial charge on any atom is -0.578 e. The molecule has 1 amide bonds. The summed E-state index contributed by atoms with van der Waals surface area (Å²) >= 11 is -1.14. The molecule has 1 aliphatic heterocycles. The molecular formula is C16H33N3O3S. The quantitative estimate of drug-likeness (QED) is 0.792. The molecule has 0 bridgehead atoms. The Hall–Kier alpha value is -0.500. The smallest absolute Gasteiger partial charge is 0.407 e. The number of rotatable bonds is 4. The van der Waals surface area contributed by atoms with Gasteiger partial charge in [0.15, 0.2) is 0 Å². The van der Waals surface area contributed by atoms with Gasteiger partial charge in [-0.3, -0.25) is 0 Å². The van der Waals surface area contributed by atoms with Crippen LogP contribution in [0, 0.1) is 5.41 Å². The second-order valence-corrected chi connectivity index (χ2v) is 9.86. The van der Waals surface area contributed by atoms with Gasteiger partial charge in [-0.2, -0.15) is 0 Å². The van der Waals surface area contributed by atoms with Crippen LogP contribution in [0.3, 0.4) is 0 Å². The number of hydrogen-bond donors (Lipinski definition) is 1. The van der Waals surface area contributed by atoms with E-state index in [4.69, 9.17) is 4.74 Å². The van der Waals surface area contributed by atoms with E-state index in [1.165, 1.54) is 0 Å². The summed E-state index contributed by atoms with van der Waals surface area (Å²) in [6, 6.07) is 0.0983. The number of hydrogen-bond acceptors (Lipinski definition) is 5. The summed E-state index contributed by atoms with van der Waals surface area (Å²) in [4.78, 5) is 12.1. The highest BCUT2D eigenvalue weighted by molar-refractivity contribution is 7.87. The van der Waals surface area contributed by atoms with E-state index in [-0.39, 0.29) is 17.5 Å². The Kier molecular flexibility index (Phi) is 6.78. The highest BCUT2D eigenvalue weighted by atomic mass is 32.2. The molecule has 0 spiro atoms. The van der Waals surface area contributed by atoms with Gasteiger partial charge in [0.05, 0.1) is 31.7 Å². The molecule has 1 N–H and O–H groups in total. The van der Waals surface area contributed by atoms with Crippen LogP contribution < -0.4 is 5.32 Å². The first-order valence-electron chi connectivity index (χ1n) is 8.24. The van der Waals surface area contributed by atoms with E-state index < -0.39 is 23.2 Å². The van der Waals surface area contributed by atoms with Crippen molar-refractivity contribution < 1.29 is 14.1 Å². The molecule has 0 aromatic carbocycles. The molecule has 0 aromatic rings. The van der Waals surface area contributed by atoms with Crippen molar-refractivity contribution in [2.75, 3.05) is 19.6 Å². The molecule has 1 saturated heterocycles. The summed E-state index contributed by atoms with van der Waals surface area (Å²) in [5, 5.41) is 2.95. The van der Waals surface area contributed by atoms with Crippen molar-refractivity contribution in [3.8, 4) is 0 Å². The molecule has 1 unspecified atom stereocenters. The molecule has 0 aromatic heterocycles. The van der Waals surface area contributed by atoms with Crippen LogP contribution in [0.25, 0.3) is 0 Å². The van der Waals surface area contributed by atoms with E-state index in [0.717, 1.165) is 13.1 Å². The molecule has 0 saturated carbocycles. The van der Waals surface area contributed by atoms with Crippen LogP contribution in [0.5, 0.6) is 0 Å². The fraction of sp³-hybridized carbons (Fsp3) is 0.938. The number of carbonyl (C=O) groups excluding carboxylic acids is 1. The molecule has 6 nitrogen and oxygen atoms in total. The summed E-state index contributed by atoms with van der Waals surface area (Å²) in [5.74, 6) is 0. The summed E-state index contributed by atoms with van der Waals surface area (Å²) in [7, 11) is 0. The molecule has 1 aliphatic rings. The Morgan fingerprint density at radius 2 is 1.78 bits per heavy atom. The Bertz CT molecular complexity index is 404. The number of ether oxygens (including phenoxy) is 1. The van der Waals surface area contributed by atoms with Crippen molar-refractivity contribution in [1.29, 1.82) is 0 Å². The van der Waals surface area contributed by atoms with Crippen molar-refractivity contribution in [1.82, 2.24) is 13.9 Å². The number of nitrogens with zero attached hydrogens (tertiary/aromatic N) is 2. The minimum absolute atomic E-state index is 0.145. The topological polar surface area (TPSA) is 67.9 Å². The molecule has 0 aliphatic carbocycles. The number of amides is 1. The first kappa shape index (κ1) is 20.5. The lowest BCUT2D eigenvalue weighted by molar-refractivity contribution is 0.0454. The van der Waals surface area contributed by atoms with Crippen molar-refractivity contribution in [3.63, 3.8) is 0 Å². The van der Waals surface area contributed by atoms with Crippen LogP contribution in [0.15, 0.2) is 0 Å². The van der Waals surface area contributed by atoms with Crippen molar-refractivity contribution in [2.45, 2.75) is 73.1 Å². The Morgan fingerprint density at radius 1 is 1.22 bits per heavy atom.